The van der Waals surface area contributed by atoms with Crippen molar-refractivity contribution in [3.63, 3.8) is 0 Å². The second-order valence-corrected chi connectivity index (χ2v) is 9.27. The van der Waals surface area contributed by atoms with Crippen LogP contribution in [0.1, 0.15) is 67.2 Å². The summed E-state index contributed by atoms with van der Waals surface area (Å²) in [5.74, 6) is 0.595. The molecule has 6 heteroatoms. The maximum Gasteiger partial charge on any atom is 0.150 e. The summed E-state index contributed by atoms with van der Waals surface area (Å²) >= 11 is 0. The minimum atomic E-state index is -0.585. The topological polar surface area (TPSA) is 87.1 Å². The number of hydroxylamine groups is 2. The van der Waals surface area contributed by atoms with E-state index in [4.69, 9.17) is 4.84 Å². The van der Waals surface area contributed by atoms with E-state index in [1.807, 2.05) is 0 Å². The minimum Gasteiger partial charge on any atom is -0.394 e. The first-order valence-corrected chi connectivity index (χ1v) is 11.7. The maximum absolute atomic E-state index is 11.3. The molecule has 32 heavy (non-hydrogen) atoms. The van der Waals surface area contributed by atoms with Gasteiger partial charge in [-0.15, -0.1) is 0 Å². The number of carbonyl (C=O) groups is 2. The molecule has 0 spiro atoms. The fourth-order valence-corrected chi connectivity index (χ4v) is 3.95. The van der Waals surface area contributed by atoms with Crippen molar-refractivity contribution in [2.75, 3.05) is 13.2 Å². The van der Waals surface area contributed by atoms with E-state index in [2.05, 4.69) is 41.2 Å². The van der Waals surface area contributed by atoms with Crippen LogP contribution in [0, 0.1) is 17.3 Å². The van der Waals surface area contributed by atoms with Crippen LogP contribution in [-0.4, -0.2) is 59.3 Å². The van der Waals surface area contributed by atoms with Crippen LogP contribution in [0.5, 0.6) is 0 Å². The summed E-state index contributed by atoms with van der Waals surface area (Å²) in [5, 5.41) is 20.4. The van der Waals surface area contributed by atoms with Crippen molar-refractivity contribution >= 4 is 12.6 Å². The standard InChI is InChI=1S/C16H23NO5.C10H22/c1-3-5-13(9-18)6-4-7-17-15(10-19)14(8-12(2)21)16(11-20)22-17;1-6-8-10(4,5)9(3)7-2/h3-6,9-10,12,14-16,20-21H,1,7-8,11H2,2H3;9H,6-8H2,1-5H3/b6-4+,13-5+;. The third kappa shape index (κ3) is 10.3. The van der Waals surface area contributed by atoms with Crippen LogP contribution < -0.4 is 0 Å². The van der Waals surface area contributed by atoms with E-state index in [9.17, 15) is 19.8 Å². The van der Waals surface area contributed by atoms with E-state index in [1.165, 1.54) is 30.4 Å². The van der Waals surface area contributed by atoms with Crippen molar-refractivity contribution in [1.82, 2.24) is 5.06 Å². The quantitative estimate of drug-likeness (QED) is 0.247. The lowest BCUT2D eigenvalue weighted by atomic mass is 9.75. The normalized spacial score (nSPS) is 24.0. The van der Waals surface area contributed by atoms with E-state index < -0.39 is 18.2 Å². The Balaban J connectivity index is 0.000000809. The van der Waals surface area contributed by atoms with E-state index in [0.717, 1.165) is 12.2 Å². The zero-order chi connectivity index (χ0) is 24.7. The Morgan fingerprint density at radius 1 is 1.25 bits per heavy atom. The summed E-state index contributed by atoms with van der Waals surface area (Å²) in [7, 11) is 0. The Morgan fingerprint density at radius 3 is 2.34 bits per heavy atom. The number of carbonyl (C=O) groups excluding carboxylic acids is 2. The molecule has 0 bridgehead atoms. The second-order valence-electron chi connectivity index (χ2n) is 9.27. The Kier molecular flexibility index (Phi) is 15.3. The Morgan fingerprint density at radius 2 is 1.91 bits per heavy atom. The average molecular weight is 452 g/mol. The summed E-state index contributed by atoms with van der Waals surface area (Å²) in [6.07, 6.45) is 11.1. The molecule has 1 fully saturated rings. The van der Waals surface area contributed by atoms with E-state index in [1.54, 1.807) is 25.2 Å². The highest BCUT2D eigenvalue weighted by molar-refractivity contribution is 5.77. The summed E-state index contributed by atoms with van der Waals surface area (Å²) in [5.41, 5.74) is 1.01. The monoisotopic (exact) mass is 451 g/mol. The van der Waals surface area contributed by atoms with Gasteiger partial charge in [-0.2, -0.15) is 5.06 Å². The highest BCUT2D eigenvalue weighted by atomic mass is 16.7. The van der Waals surface area contributed by atoms with E-state index >= 15 is 0 Å². The molecule has 0 aromatic heterocycles. The van der Waals surface area contributed by atoms with Crippen molar-refractivity contribution in [3.8, 4) is 0 Å². The number of hydrogen-bond acceptors (Lipinski definition) is 6. The molecule has 1 saturated heterocycles. The van der Waals surface area contributed by atoms with Crippen LogP contribution in [-0.2, 0) is 14.4 Å². The van der Waals surface area contributed by atoms with E-state index in [0.29, 0.717) is 30.2 Å². The SMILES string of the molecule is C=C/C=C(C=O)\C=C\CN1OC(CO)C(CC(C)O)C1C=O.CCCC(C)(C)C(C)CC. The predicted molar refractivity (Wildman–Crippen MR) is 130 cm³/mol. The number of aliphatic hydroxyl groups excluding tert-OH is 2. The number of rotatable bonds is 13. The number of hydrogen-bond donors (Lipinski definition) is 2. The first-order chi connectivity index (χ1) is 15.1. The van der Waals surface area contributed by atoms with Crippen molar-refractivity contribution in [1.29, 1.82) is 0 Å². The molecular weight excluding hydrogens is 406 g/mol. The van der Waals surface area contributed by atoms with Crippen molar-refractivity contribution in [2.45, 2.75) is 85.5 Å². The lowest BCUT2D eigenvalue weighted by Crippen LogP contribution is -2.35. The zero-order valence-electron chi connectivity index (χ0n) is 20.9. The second kappa shape index (κ2) is 16.1. The zero-order valence-corrected chi connectivity index (χ0v) is 20.9. The lowest BCUT2D eigenvalue weighted by molar-refractivity contribution is -0.165. The number of nitrogens with zero attached hydrogens (tertiary/aromatic N) is 1. The van der Waals surface area contributed by atoms with Crippen LogP contribution in [0.25, 0.3) is 0 Å². The Labute approximate surface area is 195 Å². The van der Waals surface area contributed by atoms with Crippen LogP contribution in [0.15, 0.2) is 36.5 Å². The van der Waals surface area contributed by atoms with Crippen molar-refractivity contribution in [2.24, 2.45) is 17.3 Å². The van der Waals surface area contributed by atoms with Gasteiger partial charge in [0.15, 0.2) is 0 Å². The van der Waals surface area contributed by atoms with Gasteiger partial charge >= 0.3 is 0 Å². The summed E-state index contributed by atoms with van der Waals surface area (Å²) in [6.45, 7) is 16.9. The lowest BCUT2D eigenvalue weighted by Gasteiger charge is -2.30. The van der Waals surface area contributed by atoms with Crippen molar-refractivity contribution in [3.05, 3.63) is 36.5 Å². The van der Waals surface area contributed by atoms with Gasteiger partial charge in [0.1, 0.15) is 18.7 Å². The molecule has 1 aliphatic rings. The Hall–Kier alpha value is -1.60. The molecule has 0 saturated carbocycles. The number of aliphatic hydroxyl groups is 2. The molecule has 1 heterocycles. The van der Waals surface area contributed by atoms with Gasteiger partial charge in [0.05, 0.1) is 18.8 Å². The van der Waals surface area contributed by atoms with Crippen LogP contribution in [0.4, 0.5) is 0 Å². The van der Waals surface area contributed by atoms with Gasteiger partial charge < -0.3 is 15.0 Å². The molecule has 5 atom stereocenters. The van der Waals surface area contributed by atoms with Gasteiger partial charge in [-0.3, -0.25) is 9.63 Å². The molecule has 184 valence electrons. The Bertz CT molecular complexity index is 611. The molecule has 5 unspecified atom stereocenters. The van der Waals surface area contributed by atoms with Gasteiger partial charge in [0.25, 0.3) is 0 Å². The molecule has 0 amide bonds. The molecule has 1 aliphatic heterocycles. The molecule has 0 aliphatic carbocycles. The molecule has 0 aromatic rings. The fourth-order valence-electron chi connectivity index (χ4n) is 3.95. The largest absolute Gasteiger partial charge is 0.394 e. The molecule has 0 aromatic carbocycles. The molecular formula is C26H45NO5. The third-order valence-corrected chi connectivity index (χ3v) is 6.33. The van der Waals surface area contributed by atoms with Gasteiger partial charge in [-0.25, -0.2) is 0 Å². The number of allylic oxidation sites excluding steroid dienone is 4. The van der Waals surface area contributed by atoms with E-state index in [-0.39, 0.29) is 12.5 Å². The van der Waals surface area contributed by atoms with Crippen LogP contribution in [0.2, 0.25) is 0 Å². The molecule has 2 N–H and O–H groups in total. The highest BCUT2D eigenvalue weighted by Gasteiger charge is 2.42. The highest BCUT2D eigenvalue weighted by Crippen LogP contribution is 2.33. The minimum absolute atomic E-state index is 0.224. The van der Waals surface area contributed by atoms with Crippen molar-refractivity contribution < 1.29 is 24.6 Å². The smallest absolute Gasteiger partial charge is 0.150 e. The average Bonchev–Trinajstić information content (AvgIpc) is 3.08. The van der Waals surface area contributed by atoms with Crippen LogP contribution >= 0.6 is 0 Å². The number of aldehydes is 2. The summed E-state index contributed by atoms with van der Waals surface area (Å²) in [4.78, 5) is 27.7. The summed E-state index contributed by atoms with van der Waals surface area (Å²) in [6, 6.07) is -0.542. The van der Waals surface area contributed by atoms with Gasteiger partial charge in [-0.05, 0) is 31.1 Å². The fraction of sp³-hybridized carbons (Fsp3) is 0.692. The molecule has 6 nitrogen and oxygen atoms in total. The third-order valence-electron chi connectivity index (χ3n) is 6.33. The first kappa shape index (κ1) is 30.4. The van der Waals surface area contributed by atoms with Gasteiger partial charge in [-0.1, -0.05) is 78.3 Å². The molecule has 1 rings (SSSR count). The maximum atomic E-state index is 11.3. The first-order valence-electron chi connectivity index (χ1n) is 11.7. The van der Waals surface area contributed by atoms with Crippen LogP contribution in [0.3, 0.4) is 0 Å². The summed E-state index contributed by atoms with van der Waals surface area (Å²) < 4.78 is 0. The van der Waals surface area contributed by atoms with Gasteiger partial charge in [0, 0.05) is 18.0 Å². The van der Waals surface area contributed by atoms with Gasteiger partial charge in [0.2, 0.25) is 0 Å². The molecule has 0 radical (unpaired) electrons. The predicted octanol–water partition coefficient (Wildman–Crippen LogP) is 4.28.